The fraction of sp³-hybridized carbons (Fsp3) is 0.812. The maximum atomic E-state index is 11.9. The first kappa shape index (κ1) is 15.5. The maximum Gasteiger partial charge on any atom is 0.237 e. The number of likely N-dealkylation sites (tertiary alicyclic amines) is 1. The van der Waals surface area contributed by atoms with E-state index in [9.17, 15) is 4.79 Å². The van der Waals surface area contributed by atoms with E-state index in [-0.39, 0.29) is 11.9 Å². The Labute approximate surface area is 123 Å². The summed E-state index contributed by atoms with van der Waals surface area (Å²) < 4.78 is 0. The second-order valence-corrected chi connectivity index (χ2v) is 6.36. The van der Waals surface area contributed by atoms with Crippen LogP contribution in [-0.4, -0.2) is 49.1 Å². The lowest BCUT2D eigenvalue weighted by Gasteiger charge is -2.33. The molecule has 0 saturated carbocycles. The molecule has 0 aromatic heterocycles. The van der Waals surface area contributed by atoms with Crippen LogP contribution in [0, 0.1) is 0 Å². The van der Waals surface area contributed by atoms with E-state index in [0.717, 1.165) is 58.3 Å². The molecule has 0 radical (unpaired) electrons. The van der Waals surface area contributed by atoms with E-state index in [1.165, 1.54) is 5.57 Å². The molecule has 1 atom stereocenters. The summed E-state index contributed by atoms with van der Waals surface area (Å²) in [6.45, 7) is 8.49. The average Bonchev–Trinajstić information content (AvgIpc) is 2.63. The van der Waals surface area contributed by atoms with Crippen LogP contribution in [-0.2, 0) is 4.79 Å². The van der Waals surface area contributed by atoms with Gasteiger partial charge in [-0.15, -0.1) is 0 Å². The molecule has 2 aliphatic rings. The van der Waals surface area contributed by atoms with Gasteiger partial charge in [-0.05, 0) is 59.0 Å². The minimum absolute atomic E-state index is 0.0341. The predicted molar refractivity (Wildman–Crippen MR) is 82.7 cm³/mol. The van der Waals surface area contributed by atoms with E-state index in [4.69, 9.17) is 0 Å². The standard InChI is InChI=1S/C16H29N3O/c1-13(2)6-10-19-11-7-14(8-12-19)18-15-5-3-4-9-17-16(15)20/h6,14-15,18H,3-5,7-12H2,1-2H3,(H,17,20). The highest BCUT2D eigenvalue weighted by Crippen LogP contribution is 2.14. The highest BCUT2D eigenvalue weighted by Gasteiger charge is 2.25. The van der Waals surface area contributed by atoms with E-state index in [1.54, 1.807) is 0 Å². The normalized spacial score (nSPS) is 25.9. The fourth-order valence-corrected chi connectivity index (χ4v) is 2.98. The Kier molecular flexibility index (Phi) is 6.05. The Bertz CT molecular complexity index is 342. The molecule has 4 nitrogen and oxygen atoms in total. The van der Waals surface area contributed by atoms with Gasteiger partial charge in [-0.1, -0.05) is 11.6 Å². The van der Waals surface area contributed by atoms with Crippen LogP contribution < -0.4 is 10.6 Å². The lowest BCUT2D eigenvalue weighted by Crippen LogP contribution is -2.51. The van der Waals surface area contributed by atoms with Gasteiger partial charge in [-0.2, -0.15) is 0 Å². The summed E-state index contributed by atoms with van der Waals surface area (Å²) in [5.74, 6) is 0.203. The molecule has 0 bridgehead atoms. The third-order valence-electron chi connectivity index (χ3n) is 4.32. The molecular formula is C16H29N3O. The minimum atomic E-state index is 0.0341. The molecule has 2 rings (SSSR count). The summed E-state index contributed by atoms with van der Waals surface area (Å²) in [7, 11) is 0. The van der Waals surface area contributed by atoms with Gasteiger partial charge in [0.1, 0.15) is 0 Å². The van der Waals surface area contributed by atoms with E-state index >= 15 is 0 Å². The van der Waals surface area contributed by atoms with Gasteiger partial charge in [-0.25, -0.2) is 0 Å². The minimum Gasteiger partial charge on any atom is -0.355 e. The molecule has 20 heavy (non-hydrogen) atoms. The number of hydrogen-bond donors (Lipinski definition) is 2. The van der Waals surface area contributed by atoms with E-state index in [0.29, 0.717) is 6.04 Å². The van der Waals surface area contributed by atoms with Crippen molar-refractivity contribution >= 4 is 5.91 Å². The molecule has 1 unspecified atom stereocenters. The summed E-state index contributed by atoms with van der Waals surface area (Å²) in [4.78, 5) is 14.4. The van der Waals surface area contributed by atoms with Crippen molar-refractivity contribution in [3.8, 4) is 0 Å². The van der Waals surface area contributed by atoms with Gasteiger partial charge in [0, 0.05) is 19.1 Å². The van der Waals surface area contributed by atoms with Crippen molar-refractivity contribution in [2.75, 3.05) is 26.2 Å². The topological polar surface area (TPSA) is 44.4 Å². The van der Waals surface area contributed by atoms with E-state index in [1.807, 2.05) is 0 Å². The van der Waals surface area contributed by atoms with Gasteiger partial charge in [0.05, 0.1) is 6.04 Å². The third kappa shape index (κ3) is 4.91. The zero-order valence-electron chi connectivity index (χ0n) is 13.0. The average molecular weight is 279 g/mol. The molecule has 0 aliphatic carbocycles. The summed E-state index contributed by atoms with van der Waals surface area (Å²) in [6.07, 6.45) is 7.86. The molecule has 2 N–H and O–H groups in total. The van der Waals surface area contributed by atoms with Gasteiger partial charge in [0.25, 0.3) is 0 Å². The van der Waals surface area contributed by atoms with Crippen molar-refractivity contribution < 1.29 is 4.79 Å². The number of nitrogens with zero attached hydrogens (tertiary/aromatic N) is 1. The molecule has 1 amide bonds. The molecule has 2 heterocycles. The molecular weight excluding hydrogens is 250 g/mol. The summed E-state index contributed by atoms with van der Waals surface area (Å²) in [5.41, 5.74) is 1.39. The quantitative estimate of drug-likeness (QED) is 0.770. The Morgan fingerprint density at radius 1 is 1.30 bits per heavy atom. The zero-order chi connectivity index (χ0) is 14.4. The molecule has 4 heteroatoms. The Morgan fingerprint density at radius 2 is 2.05 bits per heavy atom. The number of amides is 1. The number of carbonyl (C=O) groups is 1. The highest BCUT2D eigenvalue weighted by molar-refractivity contribution is 5.81. The van der Waals surface area contributed by atoms with Gasteiger partial charge >= 0.3 is 0 Å². The number of piperidine rings is 1. The second kappa shape index (κ2) is 7.79. The SMILES string of the molecule is CC(C)=CCN1CCC(NC2CCCCNC2=O)CC1. The van der Waals surface area contributed by atoms with Gasteiger partial charge in [-0.3, -0.25) is 9.69 Å². The number of allylic oxidation sites excluding steroid dienone is 1. The lowest BCUT2D eigenvalue weighted by atomic mass is 10.0. The largest absolute Gasteiger partial charge is 0.355 e. The van der Waals surface area contributed by atoms with Crippen LogP contribution in [0.1, 0.15) is 46.0 Å². The van der Waals surface area contributed by atoms with Crippen LogP contribution in [0.15, 0.2) is 11.6 Å². The molecule has 0 spiro atoms. The van der Waals surface area contributed by atoms with Crippen LogP contribution in [0.25, 0.3) is 0 Å². The molecule has 0 aromatic carbocycles. The number of rotatable bonds is 4. The predicted octanol–water partition coefficient (Wildman–Crippen LogP) is 1.68. The van der Waals surface area contributed by atoms with Gasteiger partial charge < -0.3 is 10.6 Å². The van der Waals surface area contributed by atoms with Crippen LogP contribution in [0.3, 0.4) is 0 Å². The Balaban J connectivity index is 1.73. The fourth-order valence-electron chi connectivity index (χ4n) is 2.98. The van der Waals surface area contributed by atoms with Crippen LogP contribution in [0.5, 0.6) is 0 Å². The summed E-state index contributed by atoms with van der Waals surface area (Å²) in [6, 6.07) is 0.540. The maximum absolute atomic E-state index is 11.9. The summed E-state index contributed by atoms with van der Waals surface area (Å²) in [5, 5.41) is 6.58. The van der Waals surface area contributed by atoms with Crippen molar-refractivity contribution in [2.24, 2.45) is 0 Å². The van der Waals surface area contributed by atoms with Crippen molar-refractivity contribution in [1.82, 2.24) is 15.5 Å². The summed E-state index contributed by atoms with van der Waals surface area (Å²) >= 11 is 0. The van der Waals surface area contributed by atoms with Crippen LogP contribution >= 0.6 is 0 Å². The molecule has 2 saturated heterocycles. The van der Waals surface area contributed by atoms with Crippen molar-refractivity contribution in [3.05, 3.63) is 11.6 Å². The Morgan fingerprint density at radius 3 is 2.75 bits per heavy atom. The molecule has 0 aromatic rings. The van der Waals surface area contributed by atoms with E-state index in [2.05, 4.69) is 35.5 Å². The van der Waals surface area contributed by atoms with Crippen LogP contribution in [0.2, 0.25) is 0 Å². The highest BCUT2D eigenvalue weighted by atomic mass is 16.2. The third-order valence-corrected chi connectivity index (χ3v) is 4.32. The zero-order valence-corrected chi connectivity index (χ0v) is 13.0. The van der Waals surface area contributed by atoms with Gasteiger partial charge in [0.2, 0.25) is 5.91 Å². The number of hydrogen-bond acceptors (Lipinski definition) is 3. The number of carbonyl (C=O) groups excluding carboxylic acids is 1. The van der Waals surface area contributed by atoms with E-state index < -0.39 is 0 Å². The Hall–Kier alpha value is -0.870. The van der Waals surface area contributed by atoms with Crippen molar-refractivity contribution in [3.63, 3.8) is 0 Å². The first-order chi connectivity index (χ1) is 9.65. The first-order valence-electron chi connectivity index (χ1n) is 8.04. The molecule has 114 valence electrons. The van der Waals surface area contributed by atoms with Crippen molar-refractivity contribution in [1.29, 1.82) is 0 Å². The molecule has 2 aliphatic heterocycles. The lowest BCUT2D eigenvalue weighted by molar-refractivity contribution is -0.123. The van der Waals surface area contributed by atoms with Crippen LogP contribution in [0.4, 0.5) is 0 Å². The first-order valence-corrected chi connectivity index (χ1v) is 8.04. The van der Waals surface area contributed by atoms with Gasteiger partial charge in [0.15, 0.2) is 0 Å². The smallest absolute Gasteiger partial charge is 0.237 e. The molecule has 2 fully saturated rings. The second-order valence-electron chi connectivity index (χ2n) is 6.36. The monoisotopic (exact) mass is 279 g/mol. The van der Waals surface area contributed by atoms with Crippen molar-refractivity contribution in [2.45, 2.75) is 58.0 Å². The number of nitrogens with one attached hydrogen (secondary N) is 2.